The molecule has 0 unspecified atom stereocenters. The molecule has 1 amide bonds. The fourth-order valence-corrected chi connectivity index (χ4v) is 2.79. The van der Waals surface area contributed by atoms with Crippen LogP contribution in [0.15, 0.2) is 46.2 Å². The Morgan fingerprint density at radius 3 is 2.67 bits per heavy atom. The topological polar surface area (TPSA) is 71.3 Å². The van der Waals surface area contributed by atoms with Crippen molar-refractivity contribution in [3.63, 3.8) is 0 Å². The predicted octanol–water partition coefficient (Wildman–Crippen LogP) is 3.44. The number of rotatable bonds is 6. The van der Waals surface area contributed by atoms with Gasteiger partial charge in [0.05, 0.1) is 4.88 Å². The lowest BCUT2D eigenvalue weighted by Gasteiger charge is -2.12. The highest BCUT2D eigenvalue weighted by Crippen LogP contribution is 2.23. The molecule has 0 radical (unpaired) electrons. The van der Waals surface area contributed by atoms with E-state index in [0.29, 0.717) is 24.6 Å². The molecule has 6 nitrogen and oxygen atoms in total. The minimum atomic E-state index is -0.0801. The summed E-state index contributed by atoms with van der Waals surface area (Å²) < 4.78 is 5.57. The number of anilines is 2. The normalized spacial score (nSPS) is 10.6. The zero-order valence-electron chi connectivity index (χ0n) is 13.5. The molecule has 2 aromatic heterocycles. The molecule has 0 atom stereocenters. The molecule has 124 valence electrons. The molecule has 0 fully saturated rings. The van der Waals surface area contributed by atoms with Crippen LogP contribution in [0.4, 0.5) is 11.4 Å². The van der Waals surface area contributed by atoms with Crippen LogP contribution < -0.4 is 10.2 Å². The molecule has 1 aromatic carbocycles. The van der Waals surface area contributed by atoms with Crippen molar-refractivity contribution in [1.29, 1.82) is 0 Å². The molecule has 0 saturated heterocycles. The molecular formula is C17H18N4O2S. The van der Waals surface area contributed by atoms with Gasteiger partial charge in [-0.2, -0.15) is 0 Å². The molecule has 0 aliphatic rings. The Kier molecular flexibility index (Phi) is 4.90. The number of aryl methyl sites for hydroxylation is 1. The van der Waals surface area contributed by atoms with Crippen molar-refractivity contribution in [2.75, 3.05) is 24.3 Å². The van der Waals surface area contributed by atoms with Crippen LogP contribution in [-0.4, -0.2) is 30.2 Å². The maximum atomic E-state index is 12.0. The summed E-state index contributed by atoms with van der Waals surface area (Å²) >= 11 is 1.54. The second kappa shape index (κ2) is 7.27. The van der Waals surface area contributed by atoms with Crippen LogP contribution in [0.3, 0.4) is 0 Å². The molecule has 24 heavy (non-hydrogen) atoms. The Labute approximate surface area is 144 Å². The van der Waals surface area contributed by atoms with Gasteiger partial charge in [0.1, 0.15) is 0 Å². The Morgan fingerprint density at radius 2 is 2.00 bits per heavy atom. The molecule has 2 heterocycles. The molecule has 0 aliphatic carbocycles. The molecule has 3 aromatic rings. The van der Waals surface area contributed by atoms with E-state index in [4.69, 9.17) is 4.42 Å². The predicted molar refractivity (Wildman–Crippen MR) is 95.3 cm³/mol. The lowest BCUT2D eigenvalue weighted by atomic mass is 10.2. The first-order chi connectivity index (χ1) is 11.6. The number of aromatic nitrogens is 2. The summed E-state index contributed by atoms with van der Waals surface area (Å²) in [6.07, 6.45) is 0.710. The minimum absolute atomic E-state index is 0.0801. The van der Waals surface area contributed by atoms with Crippen molar-refractivity contribution in [2.24, 2.45) is 0 Å². The molecular weight excluding hydrogens is 324 g/mol. The van der Waals surface area contributed by atoms with Gasteiger partial charge in [0.15, 0.2) is 0 Å². The summed E-state index contributed by atoms with van der Waals surface area (Å²) in [6.45, 7) is 0. The Bertz CT molecular complexity index is 794. The average Bonchev–Trinajstić information content (AvgIpc) is 3.25. The van der Waals surface area contributed by atoms with Gasteiger partial charge in [-0.3, -0.25) is 4.79 Å². The zero-order valence-corrected chi connectivity index (χ0v) is 14.3. The van der Waals surface area contributed by atoms with Crippen LogP contribution in [0.5, 0.6) is 0 Å². The van der Waals surface area contributed by atoms with Crippen molar-refractivity contribution in [2.45, 2.75) is 12.8 Å². The number of nitrogens with one attached hydrogen (secondary N) is 1. The summed E-state index contributed by atoms with van der Waals surface area (Å²) in [7, 11) is 3.95. The van der Waals surface area contributed by atoms with E-state index >= 15 is 0 Å². The van der Waals surface area contributed by atoms with Crippen LogP contribution >= 0.6 is 11.3 Å². The van der Waals surface area contributed by atoms with E-state index in [2.05, 4.69) is 15.5 Å². The first-order valence-corrected chi connectivity index (χ1v) is 8.43. The fraction of sp³-hybridized carbons (Fsp3) is 0.235. The standard InChI is InChI=1S/C17H18N4O2S/c1-21(2)13-7-5-12(6-8-13)18-15(22)9-10-16-19-20-17(23-16)14-4-3-11-24-14/h3-8,11H,9-10H2,1-2H3,(H,18,22). The number of carbonyl (C=O) groups is 1. The van der Waals surface area contributed by atoms with Gasteiger partial charge >= 0.3 is 0 Å². The summed E-state index contributed by atoms with van der Waals surface area (Å²) in [4.78, 5) is 15.0. The van der Waals surface area contributed by atoms with Crippen molar-refractivity contribution in [3.05, 3.63) is 47.7 Å². The molecule has 7 heteroatoms. The highest BCUT2D eigenvalue weighted by Gasteiger charge is 2.11. The van der Waals surface area contributed by atoms with Gasteiger partial charge in [0, 0.05) is 38.3 Å². The lowest BCUT2D eigenvalue weighted by Crippen LogP contribution is -2.13. The third-order valence-corrected chi connectivity index (χ3v) is 4.29. The average molecular weight is 342 g/mol. The number of thiophene rings is 1. The number of benzene rings is 1. The van der Waals surface area contributed by atoms with Crippen LogP contribution in [0.2, 0.25) is 0 Å². The van der Waals surface area contributed by atoms with Crippen molar-refractivity contribution < 1.29 is 9.21 Å². The Hall–Kier alpha value is -2.67. The first-order valence-electron chi connectivity index (χ1n) is 7.55. The summed E-state index contributed by atoms with van der Waals surface area (Å²) in [6, 6.07) is 11.5. The molecule has 0 bridgehead atoms. The van der Waals surface area contributed by atoms with E-state index in [0.717, 1.165) is 16.3 Å². The molecule has 0 saturated carbocycles. The fourth-order valence-electron chi connectivity index (χ4n) is 2.14. The van der Waals surface area contributed by atoms with Gasteiger partial charge < -0.3 is 14.6 Å². The second-order valence-electron chi connectivity index (χ2n) is 5.47. The summed E-state index contributed by atoms with van der Waals surface area (Å²) in [5.41, 5.74) is 1.86. The number of amides is 1. The van der Waals surface area contributed by atoms with Gasteiger partial charge in [-0.1, -0.05) is 6.07 Å². The van der Waals surface area contributed by atoms with Crippen molar-refractivity contribution in [3.8, 4) is 10.8 Å². The number of hydrogen-bond acceptors (Lipinski definition) is 6. The van der Waals surface area contributed by atoms with Gasteiger partial charge in [-0.05, 0) is 35.7 Å². The third-order valence-electron chi connectivity index (χ3n) is 3.43. The molecule has 0 spiro atoms. The van der Waals surface area contributed by atoms with Crippen LogP contribution in [0, 0.1) is 0 Å². The molecule has 3 rings (SSSR count). The maximum absolute atomic E-state index is 12.0. The van der Waals surface area contributed by atoms with Crippen LogP contribution in [0.25, 0.3) is 10.8 Å². The lowest BCUT2D eigenvalue weighted by molar-refractivity contribution is -0.116. The Balaban J connectivity index is 1.52. The van der Waals surface area contributed by atoms with Crippen molar-refractivity contribution in [1.82, 2.24) is 10.2 Å². The number of hydrogen-bond donors (Lipinski definition) is 1. The molecule has 0 aliphatic heterocycles. The van der Waals surface area contributed by atoms with Crippen LogP contribution in [0.1, 0.15) is 12.3 Å². The van der Waals surface area contributed by atoms with Gasteiger partial charge in [0.25, 0.3) is 5.89 Å². The monoisotopic (exact) mass is 342 g/mol. The van der Waals surface area contributed by atoms with E-state index in [9.17, 15) is 4.79 Å². The number of nitrogens with zero attached hydrogens (tertiary/aromatic N) is 3. The minimum Gasteiger partial charge on any atom is -0.420 e. The largest absolute Gasteiger partial charge is 0.420 e. The van der Waals surface area contributed by atoms with E-state index in [1.807, 2.05) is 60.8 Å². The summed E-state index contributed by atoms with van der Waals surface area (Å²) in [5.74, 6) is 0.889. The highest BCUT2D eigenvalue weighted by molar-refractivity contribution is 7.13. The van der Waals surface area contributed by atoms with E-state index < -0.39 is 0 Å². The third kappa shape index (κ3) is 3.99. The van der Waals surface area contributed by atoms with E-state index in [-0.39, 0.29) is 5.91 Å². The van der Waals surface area contributed by atoms with Crippen molar-refractivity contribution >= 4 is 28.6 Å². The van der Waals surface area contributed by atoms with E-state index in [1.165, 1.54) is 11.3 Å². The van der Waals surface area contributed by atoms with Gasteiger partial charge in [0.2, 0.25) is 11.8 Å². The highest BCUT2D eigenvalue weighted by atomic mass is 32.1. The smallest absolute Gasteiger partial charge is 0.257 e. The first kappa shape index (κ1) is 16.2. The van der Waals surface area contributed by atoms with Gasteiger partial charge in [-0.25, -0.2) is 0 Å². The summed E-state index contributed by atoms with van der Waals surface area (Å²) in [5, 5.41) is 12.8. The van der Waals surface area contributed by atoms with Crippen LogP contribution in [-0.2, 0) is 11.2 Å². The second-order valence-corrected chi connectivity index (χ2v) is 6.42. The molecule has 1 N–H and O–H groups in total. The quantitative estimate of drug-likeness (QED) is 0.743. The Morgan fingerprint density at radius 1 is 1.21 bits per heavy atom. The number of carbonyl (C=O) groups excluding carboxylic acids is 1. The maximum Gasteiger partial charge on any atom is 0.257 e. The van der Waals surface area contributed by atoms with Gasteiger partial charge in [-0.15, -0.1) is 21.5 Å². The SMILES string of the molecule is CN(C)c1ccc(NC(=O)CCc2nnc(-c3cccs3)o2)cc1. The van der Waals surface area contributed by atoms with E-state index in [1.54, 1.807) is 0 Å². The zero-order chi connectivity index (χ0) is 16.9.